The summed E-state index contributed by atoms with van der Waals surface area (Å²) in [6, 6.07) is 0. The third-order valence-corrected chi connectivity index (χ3v) is 1.68. The van der Waals surface area contributed by atoms with Crippen molar-refractivity contribution in [3.63, 3.8) is 0 Å². The number of hydrogen-bond acceptors (Lipinski definition) is 3. The molecule has 0 aliphatic carbocycles. The summed E-state index contributed by atoms with van der Waals surface area (Å²) < 4.78 is 10.1. The third kappa shape index (κ3) is 5.54. The molecule has 0 radical (unpaired) electrons. The van der Waals surface area contributed by atoms with Gasteiger partial charge < -0.3 is 9.47 Å². The van der Waals surface area contributed by atoms with Gasteiger partial charge in [-0.15, -0.1) is 6.58 Å². The number of carbonyl (C=O) groups excluding carboxylic acids is 1. The molecule has 0 aromatic carbocycles. The molecule has 0 aliphatic rings. The topological polar surface area (TPSA) is 35.5 Å². The van der Waals surface area contributed by atoms with E-state index in [1.807, 2.05) is 13.8 Å². The molecule has 0 aromatic rings. The molecule has 0 amide bonds. The molecule has 1 atom stereocenters. The molecule has 14 heavy (non-hydrogen) atoms. The molecule has 0 saturated carbocycles. The molecule has 1 unspecified atom stereocenters. The van der Waals surface area contributed by atoms with Gasteiger partial charge in [0.05, 0.1) is 24.9 Å². The largest absolute Gasteiger partial charge is 0.459 e. The molecule has 0 fully saturated rings. The Morgan fingerprint density at radius 2 is 2.21 bits per heavy atom. The number of rotatable bonds is 7. The van der Waals surface area contributed by atoms with Crippen molar-refractivity contribution in [3.05, 3.63) is 24.8 Å². The summed E-state index contributed by atoms with van der Waals surface area (Å²) in [7, 11) is 0. The molecule has 0 bridgehead atoms. The van der Waals surface area contributed by atoms with Gasteiger partial charge in [-0.05, 0) is 13.3 Å². The summed E-state index contributed by atoms with van der Waals surface area (Å²) >= 11 is 0. The van der Waals surface area contributed by atoms with E-state index in [0.29, 0.717) is 12.2 Å². The maximum absolute atomic E-state index is 11.3. The SMILES string of the molecule is C=CCOCC(=C)C(=O)OC(C)CC. The zero-order valence-corrected chi connectivity index (χ0v) is 8.91. The molecular weight excluding hydrogens is 180 g/mol. The Bertz CT molecular complexity index is 209. The Hall–Kier alpha value is -1.09. The van der Waals surface area contributed by atoms with Crippen LogP contribution in [0.3, 0.4) is 0 Å². The van der Waals surface area contributed by atoms with E-state index in [1.54, 1.807) is 6.08 Å². The second-order valence-electron chi connectivity index (χ2n) is 3.03. The van der Waals surface area contributed by atoms with Crippen molar-refractivity contribution in [3.8, 4) is 0 Å². The van der Waals surface area contributed by atoms with Crippen LogP contribution in [0.15, 0.2) is 24.8 Å². The van der Waals surface area contributed by atoms with Gasteiger partial charge in [0.15, 0.2) is 0 Å². The van der Waals surface area contributed by atoms with E-state index in [2.05, 4.69) is 13.2 Å². The van der Waals surface area contributed by atoms with Gasteiger partial charge in [-0.25, -0.2) is 4.79 Å². The minimum absolute atomic E-state index is 0.0707. The zero-order valence-electron chi connectivity index (χ0n) is 8.91. The summed E-state index contributed by atoms with van der Waals surface area (Å²) in [4.78, 5) is 11.3. The minimum atomic E-state index is -0.386. The first-order chi connectivity index (χ1) is 6.61. The molecule has 0 spiro atoms. The Balaban J connectivity index is 3.76. The molecule has 0 heterocycles. The van der Waals surface area contributed by atoms with Crippen molar-refractivity contribution >= 4 is 5.97 Å². The Morgan fingerprint density at radius 1 is 1.57 bits per heavy atom. The van der Waals surface area contributed by atoms with Crippen LogP contribution >= 0.6 is 0 Å². The quantitative estimate of drug-likeness (QED) is 0.272. The first-order valence-corrected chi connectivity index (χ1v) is 4.69. The van der Waals surface area contributed by atoms with Crippen LogP contribution in [0.2, 0.25) is 0 Å². The van der Waals surface area contributed by atoms with E-state index in [9.17, 15) is 4.79 Å². The van der Waals surface area contributed by atoms with E-state index in [0.717, 1.165) is 6.42 Å². The Labute approximate surface area is 85.4 Å². The van der Waals surface area contributed by atoms with Crippen LogP contribution in [0.1, 0.15) is 20.3 Å². The highest BCUT2D eigenvalue weighted by Gasteiger charge is 2.11. The summed E-state index contributed by atoms with van der Waals surface area (Å²) in [5, 5.41) is 0. The second-order valence-corrected chi connectivity index (χ2v) is 3.03. The van der Waals surface area contributed by atoms with E-state index in [1.165, 1.54) is 0 Å². The summed E-state index contributed by atoms with van der Waals surface area (Å²) in [6.07, 6.45) is 2.35. The summed E-state index contributed by atoms with van der Waals surface area (Å²) in [5.41, 5.74) is 0.340. The van der Waals surface area contributed by atoms with Crippen LogP contribution in [0, 0.1) is 0 Å². The Kier molecular flexibility index (Phi) is 6.76. The second kappa shape index (κ2) is 7.33. The van der Waals surface area contributed by atoms with Crippen molar-refractivity contribution in [2.75, 3.05) is 13.2 Å². The number of ether oxygens (including phenoxy) is 2. The molecule has 0 rings (SSSR count). The molecule has 0 aromatic heterocycles. The van der Waals surface area contributed by atoms with Gasteiger partial charge in [-0.2, -0.15) is 0 Å². The van der Waals surface area contributed by atoms with Crippen molar-refractivity contribution in [1.29, 1.82) is 0 Å². The molecule has 80 valence electrons. The lowest BCUT2D eigenvalue weighted by Gasteiger charge is -2.11. The average Bonchev–Trinajstić information content (AvgIpc) is 2.17. The van der Waals surface area contributed by atoms with Gasteiger partial charge >= 0.3 is 5.97 Å². The van der Waals surface area contributed by atoms with E-state index < -0.39 is 0 Å². The van der Waals surface area contributed by atoms with Crippen molar-refractivity contribution < 1.29 is 14.3 Å². The van der Waals surface area contributed by atoms with Crippen LogP contribution < -0.4 is 0 Å². The number of esters is 1. The normalized spacial score (nSPS) is 11.9. The first kappa shape index (κ1) is 12.9. The predicted octanol–water partition coefficient (Wildman–Crippen LogP) is 2.09. The molecule has 0 N–H and O–H groups in total. The minimum Gasteiger partial charge on any atom is -0.459 e. The van der Waals surface area contributed by atoms with Gasteiger partial charge in [0, 0.05) is 0 Å². The molecule has 3 nitrogen and oxygen atoms in total. The van der Waals surface area contributed by atoms with E-state index in [4.69, 9.17) is 9.47 Å². The predicted molar refractivity (Wildman–Crippen MR) is 56.0 cm³/mol. The van der Waals surface area contributed by atoms with Gasteiger partial charge in [-0.1, -0.05) is 19.6 Å². The highest BCUT2D eigenvalue weighted by molar-refractivity contribution is 5.88. The summed E-state index contributed by atoms with van der Waals surface area (Å²) in [5.74, 6) is -0.386. The third-order valence-electron chi connectivity index (χ3n) is 1.68. The van der Waals surface area contributed by atoms with Crippen molar-refractivity contribution in [2.45, 2.75) is 26.4 Å². The highest BCUT2D eigenvalue weighted by Crippen LogP contribution is 2.02. The highest BCUT2D eigenvalue weighted by atomic mass is 16.5. The first-order valence-electron chi connectivity index (χ1n) is 4.69. The van der Waals surface area contributed by atoms with Gasteiger partial charge in [0.1, 0.15) is 0 Å². The molecule has 0 aliphatic heterocycles. The number of carbonyl (C=O) groups is 1. The maximum atomic E-state index is 11.3. The lowest BCUT2D eigenvalue weighted by Crippen LogP contribution is -2.17. The maximum Gasteiger partial charge on any atom is 0.336 e. The lowest BCUT2D eigenvalue weighted by molar-refractivity contribution is -0.144. The van der Waals surface area contributed by atoms with Crippen LogP contribution in [0.25, 0.3) is 0 Å². The Morgan fingerprint density at radius 3 is 2.71 bits per heavy atom. The van der Waals surface area contributed by atoms with Gasteiger partial charge in [-0.3, -0.25) is 0 Å². The van der Waals surface area contributed by atoms with Crippen LogP contribution in [0.5, 0.6) is 0 Å². The van der Waals surface area contributed by atoms with E-state index >= 15 is 0 Å². The zero-order chi connectivity index (χ0) is 11.0. The fraction of sp³-hybridized carbons (Fsp3) is 0.545. The van der Waals surface area contributed by atoms with Crippen LogP contribution in [-0.2, 0) is 14.3 Å². The molecule has 0 saturated heterocycles. The lowest BCUT2D eigenvalue weighted by atomic mass is 10.3. The fourth-order valence-corrected chi connectivity index (χ4v) is 0.674. The van der Waals surface area contributed by atoms with Crippen LogP contribution in [-0.4, -0.2) is 25.3 Å². The monoisotopic (exact) mass is 198 g/mol. The average molecular weight is 198 g/mol. The van der Waals surface area contributed by atoms with Crippen molar-refractivity contribution in [2.24, 2.45) is 0 Å². The summed E-state index contributed by atoms with van der Waals surface area (Å²) in [6.45, 7) is 11.5. The molecule has 3 heteroatoms. The standard InChI is InChI=1S/C11H18O3/c1-5-7-13-8-9(3)11(12)14-10(4)6-2/h5,10H,1,3,6-8H2,2,4H3. The fourth-order valence-electron chi connectivity index (χ4n) is 0.674. The smallest absolute Gasteiger partial charge is 0.336 e. The van der Waals surface area contributed by atoms with E-state index in [-0.39, 0.29) is 18.7 Å². The van der Waals surface area contributed by atoms with Crippen molar-refractivity contribution in [1.82, 2.24) is 0 Å². The van der Waals surface area contributed by atoms with Gasteiger partial charge in [0.25, 0.3) is 0 Å². The van der Waals surface area contributed by atoms with Gasteiger partial charge in [0.2, 0.25) is 0 Å². The molecular formula is C11H18O3. The number of hydrogen-bond donors (Lipinski definition) is 0. The van der Waals surface area contributed by atoms with Crippen LogP contribution in [0.4, 0.5) is 0 Å².